The molecule has 2 heteroatoms. The first-order valence-corrected chi connectivity index (χ1v) is 3.85. The Morgan fingerprint density at radius 1 is 1.40 bits per heavy atom. The highest BCUT2D eigenvalue weighted by molar-refractivity contribution is 6.35. The minimum atomic E-state index is 0.696. The third-order valence-electron chi connectivity index (χ3n) is 1.37. The number of rotatable bonds is 0. The SMILES string of the molecule is CC1=C(Cl)C=C(Cl)C=CC1. The lowest BCUT2D eigenvalue weighted by Gasteiger charge is -1.93. The summed E-state index contributed by atoms with van der Waals surface area (Å²) in [6, 6.07) is 0. The first-order chi connectivity index (χ1) is 4.70. The van der Waals surface area contributed by atoms with Crippen LogP contribution in [0.3, 0.4) is 0 Å². The predicted molar refractivity (Wildman–Crippen MR) is 46.2 cm³/mol. The molecule has 0 nitrogen and oxygen atoms in total. The van der Waals surface area contributed by atoms with E-state index in [1.165, 1.54) is 0 Å². The third-order valence-corrected chi connectivity index (χ3v) is 2.04. The molecule has 0 amide bonds. The van der Waals surface area contributed by atoms with Gasteiger partial charge in [-0.3, -0.25) is 0 Å². The molecule has 0 radical (unpaired) electrons. The third kappa shape index (κ3) is 1.89. The van der Waals surface area contributed by atoms with E-state index < -0.39 is 0 Å². The van der Waals surface area contributed by atoms with Crippen molar-refractivity contribution in [3.63, 3.8) is 0 Å². The topological polar surface area (TPSA) is 0 Å². The van der Waals surface area contributed by atoms with E-state index in [4.69, 9.17) is 23.2 Å². The van der Waals surface area contributed by atoms with Gasteiger partial charge >= 0.3 is 0 Å². The van der Waals surface area contributed by atoms with Crippen molar-refractivity contribution in [1.82, 2.24) is 0 Å². The summed E-state index contributed by atoms with van der Waals surface area (Å²) in [6.45, 7) is 2.00. The fourth-order valence-electron chi connectivity index (χ4n) is 0.738. The standard InChI is InChI=1S/C8H8Cl2/c1-6-3-2-4-7(9)5-8(6)10/h2,4-5H,3H2,1H3. The van der Waals surface area contributed by atoms with Crippen LogP contribution in [0.1, 0.15) is 13.3 Å². The molecule has 0 aliphatic heterocycles. The second kappa shape index (κ2) is 3.27. The van der Waals surface area contributed by atoms with Crippen molar-refractivity contribution in [2.75, 3.05) is 0 Å². The van der Waals surface area contributed by atoms with Crippen molar-refractivity contribution in [1.29, 1.82) is 0 Å². The summed E-state index contributed by atoms with van der Waals surface area (Å²) in [4.78, 5) is 0. The minimum Gasteiger partial charge on any atom is -0.0843 e. The second-order valence-corrected chi connectivity index (χ2v) is 3.11. The number of hydrogen-bond acceptors (Lipinski definition) is 0. The number of hydrogen-bond donors (Lipinski definition) is 0. The van der Waals surface area contributed by atoms with Gasteiger partial charge in [0.15, 0.2) is 0 Å². The van der Waals surface area contributed by atoms with Gasteiger partial charge < -0.3 is 0 Å². The first kappa shape index (κ1) is 7.90. The van der Waals surface area contributed by atoms with Gasteiger partial charge in [0, 0.05) is 10.1 Å². The summed E-state index contributed by atoms with van der Waals surface area (Å²) in [5, 5.41) is 1.46. The van der Waals surface area contributed by atoms with E-state index >= 15 is 0 Å². The molecular weight excluding hydrogens is 167 g/mol. The molecule has 0 saturated carbocycles. The fraction of sp³-hybridized carbons (Fsp3) is 0.250. The van der Waals surface area contributed by atoms with E-state index in [0.29, 0.717) is 5.03 Å². The van der Waals surface area contributed by atoms with Crippen molar-refractivity contribution >= 4 is 23.2 Å². The van der Waals surface area contributed by atoms with Gasteiger partial charge in [0.05, 0.1) is 0 Å². The molecule has 1 rings (SSSR count). The van der Waals surface area contributed by atoms with Crippen molar-refractivity contribution < 1.29 is 0 Å². The Bertz CT molecular complexity index is 221. The Morgan fingerprint density at radius 3 is 2.80 bits per heavy atom. The highest BCUT2D eigenvalue weighted by Gasteiger charge is 1.99. The van der Waals surface area contributed by atoms with Gasteiger partial charge in [-0.15, -0.1) is 0 Å². The maximum absolute atomic E-state index is 5.85. The fourth-order valence-corrected chi connectivity index (χ4v) is 1.19. The molecule has 1 aliphatic rings. The van der Waals surface area contributed by atoms with Crippen LogP contribution in [0, 0.1) is 0 Å². The maximum Gasteiger partial charge on any atom is 0.0417 e. The van der Waals surface area contributed by atoms with Crippen molar-refractivity contribution in [2.24, 2.45) is 0 Å². The van der Waals surface area contributed by atoms with E-state index in [9.17, 15) is 0 Å². The van der Waals surface area contributed by atoms with Crippen LogP contribution in [0.25, 0.3) is 0 Å². The summed E-state index contributed by atoms with van der Waals surface area (Å²) in [5.74, 6) is 0. The van der Waals surface area contributed by atoms with Crippen LogP contribution in [0.15, 0.2) is 33.9 Å². The first-order valence-electron chi connectivity index (χ1n) is 3.09. The van der Waals surface area contributed by atoms with Gasteiger partial charge in [0.1, 0.15) is 0 Å². The normalized spacial score (nSPS) is 18.9. The molecule has 54 valence electrons. The summed E-state index contributed by atoms with van der Waals surface area (Å²) >= 11 is 11.6. The molecule has 0 heterocycles. The zero-order chi connectivity index (χ0) is 7.56. The van der Waals surface area contributed by atoms with Crippen LogP contribution in [0.4, 0.5) is 0 Å². The van der Waals surface area contributed by atoms with E-state index in [0.717, 1.165) is 17.0 Å². The van der Waals surface area contributed by atoms with Crippen LogP contribution in [0.5, 0.6) is 0 Å². The van der Waals surface area contributed by atoms with E-state index in [1.807, 2.05) is 19.1 Å². The second-order valence-electron chi connectivity index (χ2n) is 2.26. The summed E-state index contributed by atoms with van der Waals surface area (Å²) in [5.41, 5.74) is 1.16. The Labute approximate surface area is 70.8 Å². The molecule has 0 unspecified atom stereocenters. The van der Waals surface area contributed by atoms with Crippen molar-refractivity contribution in [3.8, 4) is 0 Å². The largest absolute Gasteiger partial charge is 0.0843 e. The Kier molecular flexibility index (Phi) is 2.58. The van der Waals surface area contributed by atoms with Crippen LogP contribution in [-0.4, -0.2) is 0 Å². The minimum absolute atomic E-state index is 0.696. The zero-order valence-electron chi connectivity index (χ0n) is 5.70. The number of allylic oxidation sites excluding steroid dienone is 6. The average molecular weight is 175 g/mol. The smallest absolute Gasteiger partial charge is 0.0417 e. The number of halogens is 2. The summed E-state index contributed by atoms with van der Waals surface area (Å²) in [6.07, 6.45) is 6.53. The molecule has 0 bridgehead atoms. The molecular formula is C8H8Cl2. The molecule has 0 aromatic heterocycles. The van der Waals surface area contributed by atoms with Gasteiger partial charge in [0.2, 0.25) is 0 Å². The molecule has 0 N–H and O–H groups in total. The molecule has 0 aromatic carbocycles. The van der Waals surface area contributed by atoms with Gasteiger partial charge in [0.25, 0.3) is 0 Å². The average Bonchev–Trinajstić information content (AvgIpc) is 1.96. The van der Waals surface area contributed by atoms with Crippen LogP contribution >= 0.6 is 23.2 Å². The molecule has 0 spiro atoms. The Morgan fingerprint density at radius 2 is 2.10 bits per heavy atom. The molecule has 0 aromatic rings. The molecule has 0 fully saturated rings. The predicted octanol–water partition coefficient (Wildman–Crippen LogP) is 3.58. The quantitative estimate of drug-likeness (QED) is 0.527. The maximum atomic E-state index is 5.85. The molecule has 1 aliphatic carbocycles. The van der Waals surface area contributed by atoms with E-state index in [1.54, 1.807) is 6.08 Å². The van der Waals surface area contributed by atoms with Gasteiger partial charge in [-0.05, 0) is 25.5 Å². The Hall–Kier alpha value is -0.200. The molecule has 10 heavy (non-hydrogen) atoms. The monoisotopic (exact) mass is 174 g/mol. The summed E-state index contributed by atoms with van der Waals surface area (Å²) < 4.78 is 0. The van der Waals surface area contributed by atoms with Crippen LogP contribution < -0.4 is 0 Å². The lowest BCUT2D eigenvalue weighted by Crippen LogP contribution is -1.73. The Balaban J connectivity index is 2.96. The van der Waals surface area contributed by atoms with Gasteiger partial charge in [-0.2, -0.15) is 0 Å². The van der Waals surface area contributed by atoms with Crippen molar-refractivity contribution in [2.45, 2.75) is 13.3 Å². The summed E-state index contributed by atoms with van der Waals surface area (Å²) in [7, 11) is 0. The highest BCUT2D eigenvalue weighted by atomic mass is 35.5. The van der Waals surface area contributed by atoms with Crippen LogP contribution in [-0.2, 0) is 0 Å². The van der Waals surface area contributed by atoms with Gasteiger partial charge in [-0.1, -0.05) is 34.9 Å². The van der Waals surface area contributed by atoms with E-state index in [-0.39, 0.29) is 0 Å². The zero-order valence-corrected chi connectivity index (χ0v) is 7.21. The lowest BCUT2D eigenvalue weighted by atomic mass is 10.2. The van der Waals surface area contributed by atoms with Crippen molar-refractivity contribution in [3.05, 3.63) is 33.9 Å². The lowest BCUT2D eigenvalue weighted by molar-refractivity contribution is 1.21. The van der Waals surface area contributed by atoms with Gasteiger partial charge in [-0.25, -0.2) is 0 Å². The van der Waals surface area contributed by atoms with Crippen LogP contribution in [0.2, 0.25) is 0 Å². The molecule has 0 saturated heterocycles. The highest BCUT2D eigenvalue weighted by Crippen LogP contribution is 2.21. The molecule has 0 atom stereocenters. The van der Waals surface area contributed by atoms with E-state index in [2.05, 4.69) is 0 Å².